The van der Waals surface area contributed by atoms with Crippen molar-refractivity contribution in [2.75, 3.05) is 0 Å². The molecule has 1 aromatic carbocycles. The van der Waals surface area contributed by atoms with Crippen molar-refractivity contribution in [1.29, 1.82) is 0 Å². The van der Waals surface area contributed by atoms with Gasteiger partial charge in [-0.2, -0.15) is 0 Å². The highest BCUT2D eigenvalue weighted by molar-refractivity contribution is 9.10. The maximum Gasteiger partial charge on any atom is 0.139 e. The van der Waals surface area contributed by atoms with Gasteiger partial charge in [0.1, 0.15) is 5.78 Å². The van der Waals surface area contributed by atoms with E-state index in [1.54, 1.807) is 0 Å². The molecule has 0 N–H and O–H groups in total. The Bertz CT molecular complexity index is 382. The standard InChI is InChI=1S/C12H13BrO/c1-12(2)10(7-11(12)14)8-4-3-5-9(13)6-8/h3-6,10H,7H2,1-2H3. The molecule has 0 spiro atoms. The predicted octanol–water partition coefficient (Wildman–Crippen LogP) is 3.53. The van der Waals surface area contributed by atoms with Crippen LogP contribution in [0.15, 0.2) is 28.7 Å². The first-order valence-electron chi connectivity index (χ1n) is 4.80. The first kappa shape index (κ1) is 9.91. The highest BCUT2D eigenvalue weighted by Gasteiger charge is 2.47. The molecule has 74 valence electrons. The molecule has 1 unspecified atom stereocenters. The molecule has 0 aliphatic heterocycles. The molecule has 0 heterocycles. The Kier molecular flexibility index (Phi) is 2.26. The van der Waals surface area contributed by atoms with E-state index < -0.39 is 0 Å². The average Bonchev–Trinajstić information content (AvgIpc) is 2.14. The van der Waals surface area contributed by atoms with Gasteiger partial charge in [-0.3, -0.25) is 4.79 Å². The van der Waals surface area contributed by atoms with E-state index >= 15 is 0 Å². The minimum atomic E-state index is -0.166. The molecule has 2 rings (SSSR count). The molecule has 1 saturated carbocycles. The van der Waals surface area contributed by atoms with E-state index in [-0.39, 0.29) is 5.41 Å². The zero-order valence-electron chi connectivity index (χ0n) is 8.38. The number of carbonyl (C=O) groups is 1. The molecule has 0 saturated heterocycles. The summed E-state index contributed by atoms with van der Waals surface area (Å²) in [5, 5.41) is 0. The molecule has 1 atom stereocenters. The lowest BCUT2D eigenvalue weighted by Gasteiger charge is -2.42. The van der Waals surface area contributed by atoms with Crippen molar-refractivity contribution in [2.24, 2.45) is 5.41 Å². The fraction of sp³-hybridized carbons (Fsp3) is 0.417. The summed E-state index contributed by atoms with van der Waals surface area (Å²) in [6, 6.07) is 8.25. The number of halogens is 1. The van der Waals surface area contributed by atoms with Crippen molar-refractivity contribution in [3.63, 3.8) is 0 Å². The SMILES string of the molecule is CC1(C)C(=O)CC1c1cccc(Br)c1. The van der Waals surface area contributed by atoms with Gasteiger partial charge in [-0.05, 0) is 17.7 Å². The molecule has 0 amide bonds. The van der Waals surface area contributed by atoms with Crippen molar-refractivity contribution in [3.05, 3.63) is 34.3 Å². The van der Waals surface area contributed by atoms with E-state index in [0.717, 1.165) is 4.47 Å². The third kappa shape index (κ3) is 1.42. The van der Waals surface area contributed by atoms with Crippen molar-refractivity contribution in [3.8, 4) is 0 Å². The van der Waals surface area contributed by atoms with Gasteiger partial charge in [0.15, 0.2) is 0 Å². The topological polar surface area (TPSA) is 17.1 Å². The average molecular weight is 253 g/mol. The molecule has 0 bridgehead atoms. The largest absolute Gasteiger partial charge is 0.299 e. The minimum Gasteiger partial charge on any atom is -0.299 e. The zero-order chi connectivity index (χ0) is 10.3. The molecular formula is C12H13BrO. The van der Waals surface area contributed by atoms with Gasteiger partial charge < -0.3 is 0 Å². The molecule has 2 heteroatoms. The summed E-state index contributed by atoms with van der Waals surface area (Å²) < 4.78 is 1.09. The normalized spacial score (nSPS) is 24.5. The summed E-state index contributed by atoms with van der Waals surface area (Å²) in [5.74, 6) is 0.773. The third-order valence-electron chi connectivity index (χ3n) is 3.23. The number of rotatable bonds is 1. The summed E-state index contributed by atoms with van der Waals surface area (Å²) in [5.41, 5.74) is 1.10. The first-order valence-corrected chi connectivity index (χ1v) is 5.60. The number of hydrogen-bond donors (Lipinski definition) is 0. The monoisotopic (exact) mass is 252 g/mol. The number of ketones is 1. The molecule has 1 fully saturated rings. The van der Waals surface area contributed by atoms with Gasteiger partial charge in [-0.15, -0.1) is 0 Å². The van der Waals surface area contributed by atoms with Crippen molar-refractivity contribution in [1.82, 2.24) is 0 Å². The Morgan fingerprint density at radius 2 is 2.14 bits per heavy atom. The summed E-state index contributed by atoms with van der Waals surface area (Å²) in [6.07, 6.45) is 0.698. The Morgan fingerprint density at radius 1 is 1.43 bits per heavy atom. The van der Waals surface area contributed by atoms with Crippen LogP contribution in [0.3, 0.4) is 0 Å². The lowest BCUT2D eigenvalue weighted by molar-refractivity contribution is -0.137. The molecule has 0 radical (unpaired) electrons. The quantitative estimate of drug-likeness (QED) is 0.748. The van der Waals surface area contributed by atoms with E-state index in [9.17, 15) is 4.79 Å². The number of benzene rings is 1. The fourth-order valence-corrected chi connectivity index (χ4v) is 2.44. The van der Waals surface area contributed by atoms with Gasteiger partial charge in [-0.1, -0.05) is 41.9 Å². The zero-order valence-corrected chi connectivity index (χ0v) is 9.97. The van der Waals surface area contributed by atoms with E-state index in [0.29, 0.717) is 18.1 Å². The van der Waals surface area contributed by atoms with Gasteiger partial charge in [0, 0.05) is 22.2 Å². The predicted molar refractivity (Wildman–Crippen MR) is 60.3 cm³/mol. The Hall–Kier alpha value is -0.630. The van der Waals surface area contributed by atoms with Crippen LogP contribution in [0.25, 0.3) is 0 Å². The van der Waals surface area contributed by atoms with Gasteiger partial charge in [-0.25, -0.2) is 0 Å². The highest BCUT2D eigenvalue weighted by Crippen LogP contribution is 2.49. The summed E-state index contributed by atoms with van der Waals surface area (Å²) in [7, 11) is 0. The molecule has 1 nitrogen and oxygen atoms in total. The van der Waals surface area contributed by atoms with Crippen molar-refractivity contribution < 1.29 is 4.79 Å². The maximum absolute atomic E-state index is 11.4. The number of Topliss-reactive ketones (excluding diaryl/α,β-unsaturated/α-hetero) is 1. The van der Waals surface area contributed by atoms with Crippen LogP contribution >= 0.6 is 15.9 Å². The van der Waals surface area contributed by atoms with Crippen LogP contribution in [0, 0.1) is 5.41 Å². The summed E-state index contributed by atoms with van der Waals surface area (Å²) in [4.78, 5) is 11.4. The molecule has 1 aliphatic carbocycles. The van der Waals surface area contributed by atoms with Gasteiger partial charge in [0.05, 0.1) is 0 Å². The van der Waals surface area contributed by atoms with Crippen LogP contribution in [0.5, 0.6) is 0 Å². The lowest BCUT2D eigenvalue weighted by Crippen LogP contribution is -2.43. The van der Waals surface area contributed by atoms with Crippen LogP contribution in [0.4, 0.5) is 0 Å². The number of hydrogen-bond acceptors (Lipinski definition) is 1. The van der Waals surface area contributed by atoms with Gasteiger partial charge in [0.2, 0.25) is 0 Å². The Balaban J connectivity index is 2.30. The smallest absolute Gasteiger partial charge is 0.139 e. The molecule has 1 aliphatic rings. The molecule has 1 aromatic rings. The van der Waals surface area contributed by atoms with Gasteiger partial charge >= 0.3 is 0 Å². The Morgan fingerprint density at radius 3 is 2.64 bits per heavy atom. The third-order valence-corrected chi connectivity index (χ3v) is 3.72. The summed E-state index contributed by atoms with van der Waals surface area (Å²) >= 11 is 3.45. The number of carbonyl (C=O) groups excluding carboxylic acids is 1. The molecule has 14 heavy (non-hydrogen) atoms. The molecule has 0 aromatic heterocycles. The molecular weight excluding hydrogens is 240 g/mol. The second-order valence-electron chi connectivity index (χ2n) is 4.46. The van der Waals surface area contributed by atoms with Crippen LogP contribution in [-0.2, 0) is 4.79 Å². The van der Waals surface area contributed by atoms with E-state index in [2.05, 4.69) is 28.1 Å². The summed E-state index contributed by atoms with van der Waals surface area (Å²) in [6.45, 7) is 4.06. The van der Waals surface area contributed by atoms with E-state index in [4.69, 9.17) is 0 Å². The van der Waals surface area contributed by atoms with Crippen LogP contribution in [-0.4, -0.2) is 5.78 Å². The Labute approximate surface area is 92.6 Å². The van der Waals surface area contributed by atoms with Crippen LogP contribution in [0.1, 0.15) is 31.7 Å². The second-order valence-corrected chi connectivity index (χ2v) is 5.37. The maximum atomic E-state index is 11.4. The van der Waals surface area contributed by atoms with Crippen LogP contribution < -0.4 is 0 Å². The van der Waals surface area contributed by atoms with E-state index in [1.165, 1.54) is 5.56 Å². The van der Waals surface area contributed by atoms with Gasteiger partial charge in [0.25, 0.3) is 0 Å². The van der Waals surface area contributed by atoms with E-state index in [1.807, 2.05) is 26.0 Å². The minimum absolute atomic E-state index is 0.166. The fourth-order valence-electron chi connectivity index (χ4n) is 2.02. The highest BCUT2D eigenvalue weighted by atomic mass is 79.9. The first-order chi connectivity index (χ1) is 6.51. The second kappa shape index (κ2) is 3.20. The van der Waals surface area contributed by atoms with Crippen molar-refractivity contribution >= 4 is 21.7 Å². The van der Waals surface area contributed by atoms with Crippen molar-refractivity contribution in [2.45, 2.75) is 26.2 Å². The lowest BCUT2D eigenvalue weighted by atomic mass is 9.59. The van der Waals surface area contributed by atoms with Crippen LogP contribution in [0.2, 0.25) is 0 Å².